The van der Waals surface area contributed by atoms with E-state index in [-0.39, 0.29) is 23.4 Å². The zero-order valence-electron chi connectivity index (χ0n) is 23.1. The van der Waals surface area contributed by atoms with E-state index < -0.39 is 10.0 Å². The van der Waals surface area contributed by atoms with Gasteiger partial charge in [-0.1, -0.05) is 48.9 Å². The molecule has 1 aliphatic heterocycles. The third kappa shape index (κ3) is 6.21. The summed E-state index contributed by atoms with van der Waals surface area (Å²) in [5.41, 5.74) is 5.44. The first-order valence-electron chi connectivity index (χ1n) is 13.4. The fourth-order valence-corrected chi connectivity index (χ4v) is 6.52. The van der Waals surface area contributed by atoms with Gasteiger partial charge in [-0.2, -0.15) is 0 Å². The molecule has 1 fully saturated rings. The number of sulfonamides is 1. The number of benzene rings is 3. The zero-order valence-corrected chi connectivity index (χ0v) is 23.9. The van der Waals surface area contributed by atoms with Crippen LogP contribution in [0.2, 0.25) is 0 Å². The average molecular weight is 534 g/mol. The van der Waals surface area contributed by atoms with Gasteiger partial charge in [0.2, 0.25) is 5.91 Å². The number of hydrogen-bond donors (Lipinski definition) is 1. The summed E-state index contributed by atoms with van der Waals surface area (Å²) in [7, 11) is -3.96. The minimum Gasteiger partial charge on any atom is -0.371 e. The normalized spacial score (nSPS) is 16.7. The average Bonchev–Trinajstić information content (AvgIpc) is 2.89. The lowest BCUT2D eigenvalue weighted by Gasteiger charge is -2.33. The van der Waals surface area contributed by atoms with Crippen LogP contribution in [-0.2, 0) is 14.8 Å². The maximum absolute atomic E-state index is 13.8. The van der Waals surface area contributed by atoms with E-state index >= 15 is 0 Å². The molecule has 2 atom stereocenters. The number of aryl methyl sites for hydroxylation is 2. The second-order valence-corrected chi connectivity index (χ2v) is 12.5. The summed E-state index contributed by atoms with van der Waals surface area (Å²) in [5, 5.41) is 3.01. The van der Waals surface area contributed by atoms with E-state index in [1.807, 2.05) is 52.0 Å². The van der Waals surface area contributed by atoms with E-state index in [0.29, 0.717) is 11.6 Å². The van der Waals surface area contributed by atoms with Gasteiger partial charge < -0.3 is 10.2 Å². The molecule has 0 saturated carbocycles. The topological polar surface area (TPSA) is 69.7 Å². The zero-order chi connectivity index (χ0) is 27.4. The second-order valence-electron chi connectivity index (χ2n) is 10.6. The molecule has 1 amide bonds. The number of nitrogens with one attached hydrogen (secondary N) is 1. The Labute approximate surface area is 227 Å². The fraction of sp³-hybridized carbons (Fsp3) is 0.387. The van der Waals surface area contributed by atoms with Gasteiger partial charge in [0.1, 0.15) is 6.54 Å². The first-order chi connectivity index (χ1) is 18.1. The van der Waals surface area contributed by atoms with Crippen molar-refractivity contribution in [3.05, 3.63) is 89.0 Å². The van der Waals surface area contributed by atoms with Crippen LogP contribution in [0.15, 0.2) is 71.6 Å². The lowest BCUT2D eigenvalue weighted by molar-refractivity contribution is -0.120. The number of anilines is 2. The smallest absolute Gasteiger partial charge is 0.264 e. The Morgan fingerprint density at radius 3 is 2.37 bits per heavy atom. The Morgan fingerprint density at radius 1 is 1.03 bits per heavy atom. The van der Waals surface area contributed by atoms with Crippen molar-refractivity contribution >= 4 is 27.3 Å². The van der Waals surface area contributed by atoms with Gasteiger partial charge >= 0.3 is 0 Å². The van der Waals surface area contributed by atoms with Gasteiger partial charge in [-0.25, -0.2) is 8.42 Å². The number of nitrogens with zero attached hydrogens (tertiary/aromatic N) is 2. The van der Waals surface area contributed by atoms with Gasteiger partial charge in [-0.15, -0.1) is 0 Å². The molecular formula is C31H39N3O3S. The van der Waals surface area contributed by atoms with Crippen LogP contribution in [-0.4, -0.2) is 34.0 Å². The summed E-state index contributed by atoms with van der Waals surface area (Å²) in [5.74, 6) is 0.334. The predicted octanol–water partition coefficient (Wildman–Crippen LogP) is 5.92. The lowest BCUT2D eigenvalue weighted by Crippen LogP contribution is -2.42. The minimum atomic E-state index is -3.96. The largest absolute Gasteiger partial charge is 0.371 e. The number of carbonyl (C=O) groups is 1. The van der Waals surface area contributed by atoms with E-state index in [2.05, 4.69) is 29.3 Å². The summed E-state index contributed by atoms with van der Waals surface area (Å²) in [6, 6.07) is 20.3. The van der Waals surface area contributed by atoms with E-state index in [0.717, 1.165) is 35.3 Å². The molecule has 0 spiro atoms. The SMILES string of the molecule is Cc1ccc(S(=O)(=O)N(CC(=O)NC(C)c2ccc(N3CCCC(C)C3)cc2)c2cccc(C)c2C)cc1. The lowest BCUT2D eigenvalue weighted by atomic mass is 9.99. The van der Waals surface area contributed by atoms with Gasteiger partial charge in [0.15, 0.2) is 0 Å². The summed E-state index contributed by atoms with van der Waals surface area (Å²) >= 11 is 0. The van der Waals surface area contributed by atoms with Gasteiger partial charge in [-0.3, -0.25) is 9.10 Å². The van der Waals surface area contributed by atoms with Crippen molar-refractivity contribution in [2.45, 2.75) is 58.4 Å². The molecule has 38 heavy (non-hydrogen) atoms. The molecule has 0 radical (unpaired) electrons. The van der Waals surface area contributed by atoms with Crippen LogP contribution in [0.4, 0.5) is 11.4 Å². The third-order valence-electron chi connectivity index (χ3n) is 7.53. The summed E-state index contributed by atoms with van der Waals surface area (Å²) in [6.45, 7) is 11.8. The highest BCUT2D eigenvalue weighted by molar-refractivity contribution is 7.92. The molecular weight excluding hydrogens is 494 g/mol. The second kappa shape index (κ2) is 11.6. The molecule has 4 rings (SSSR count). The number of amides is 1. The van der Waals surface area contributed by atoms with Crippen molar-refractivity contribution in [1.29, 1.82) is 0 Å². The van der Waals surface area contributed by atoms with E-state index in [4.69, 9.17) is 0 Å². The van der Waals surface area contributed by atoms with Crippen molar-refractivity contribution < 1.29 is 13.2 Å². The van der Waals surface area contributed by atoms with Crippen molar-refractivity contribution in [2.75, 3.05) is 28.8 Å². The minimum absolute atomic E-state index is 0.160. The summed E-state index contributed by atoms with van der Waals surface area (Å²) in [4.78, 5) is 15.8. The first kappa shape index (κ1) is 27.7. The highest BCUT2D eigenvalue weighted by Crippen LogP contribution is 2.29. The van der Waals surface area contributed by atoms with Crippen molar-refractivity contribution in [3.63, 3.8) is 0 Å². The van der Waals surface area contributed by atoms with Crippen LogP contribution in [0.3, 0.4) is 0 Å². The van der Waals surface area contributed by atoms with Crippen LogP contribution >= 0.6 is 0 Å². The Bertz CT molecular complexity index is 1370. The summed E-state index contributed by atoms with van der Waals surface area (Å²) in [6.07, 6.45) is 2.48. The van der Waals surface area contributed by atoms with Gasteiger partial charge in [-0.05, 0) is 93.5 Å². The maximum atomic E-state index is 13.8. The molecule has 202 valence electrons. The van der Waals surface area contributed by atoms with Crippen molar-refractivity contribution in [2.24, 2.45) is 5.92 Å². The molecule has 3 aromatic rings. The monoisotopic (exact) mass is 533 g/mol. The highest BCUT2D eigenvalue weighted by Gasteiger charge is 2.29. The molecule has 7 heteroatoms. The Kier molecular flexibility index (Phi) is 8.46. The van der Waals surface area contributed by atoms with Crippen molar-refractivity contribution in [1.82, 2.24) is 5.32 Å². The molecule has 2 unspecified atom stereocenters. The molecule has 0 aliphatic carbocycles. The van der Waals surface area contributed by atoms with E-state index in [1.54, 1.807) is 30.3 Å². The van der Waals surface area contributed by atoms with Gasteiger partial charge in [0, 0.05) is 18.8 Å². The molecule has 6 nitrogen and oxygen atoms in total. The standard InChI is InChI=1S/C31H39N3O3S/c1-22-11-17-29(18-12-22)38(36,37)34(30-10-6-9-24(3)25(30)4)21-31(35)32-26(5)27-13-15-28(16-14-27)33-19-7-8-23(2)20-33/h6,9-18,23,26H,7-8,19-21H2,1-5H3,(H,32,35). The molecule has 3 aromatic carbocycles. The third-order valence-corrected chi connectivity index (χ3v) is 9.31. The number of carbonyl (C=O) groups excluding carboxylic acids is 1. The van der Waals surface area contributed by atoms with E-state index in [9.17, 15) is 13.2 Å². The van der Waals surface area contributed by atoms with E-state index in [1.165, 1.54) is 22.8 Å². The predicted molar refractivity (Wildman–Crippen MR) is 155 cm³/mol. The maximum Gasteiger partial charge on any atom is 0.264 e. The highest BCUT2D eigenvalue weighted by atomic mass is 32.2. The number of piperidine rings is 1. The molecule has 0 bridgehead atoms. The van der Waals surface area contributed by atoms with Gasteiger partial charge in [0.05, 0.1) is 16.6 Å². The van der Waals surface area contributed by atoms with Crippen LogP contribution in [0.25, 0.3) is 0 Å². The molecule has 1 aliphatic rings. The van der Waals surface area contributed by atoms with Gasteiger partial charge in [0.25, 0.3) is 10.0 Å². The molecule has 1 saturated heterocycles. The van der Waals surface area contributed by atoms with Crippen LogP contribution in [0.5, 0.6) is 0 Å². The Balaban J connectivity index is 1.53. The molecule has 1 N–H and O–H groups in total. The van der Waals surface area contributed by atoms with Crippen LogP contribution in [0.1, 0.15) is 55.0 Å². The Morgan fingerprint density at radius 2 is 1.71 bits per heavy atom. The van der Waals surface area contributed by atoms with Crippen LogP contribution < -0.4 is 14.5 Å². The summed E-state index contributed by atoms with van der Waals surface area (Å²) < 4.78 is 28.7. The quantitative estimate of drug-likeness (QED) is 0.390. The number of rotatable bonds is 8. The first-order valence-corrected chi connectivity index (χ1v) is 14.8. The number of hydrogen-bond acceptors (Lipinski definition) is 4. The fourth-order valence-electron chi connectivity index (χ4n) is 5.04. The van der Waals surface area contributed by atoms with Crippen LogP contribution in [0, 0.1) is 26.7 Å². The van der Waals surface area contributed by atoms with Crippen molar-refractivity contribution in [3.8, 4) is 0 Å². The molecule has 1 heterocycles. The molecule has 0 aromatic heterocycles. The Hall–Kier alpha value is -3.32.